The molecule has 198 valence electrons. The molecule has 0 aliphatic carbocycles. The van der Waals surface area contributed by atoms with Crippen LogP contribution >= 0.6 is 7.14 Å². The van der Waals surface area contributed by atoms with Crippen molar-refractivity contribution in [2.24, 2.45) is 0 Å². The molecule has 8 aromatic rings. The Labute approximate surface area is 245 Å². The topological polar surface area (TPSA) is 17.1 Å². The van der Waals surface area contributed by atoms with Gasteiger partial charge < -0.3 is 4.57 Å². The number of fused-ring (bicyclic) bond motifs is 5. The average molecular weight is 555 g/mol. The van der Waals surface area contributed by atoms with Crippen LogP contribution in [0.15, 0.2) is 164 Å². The lowest BCUT2D eigenvalue weighted by Gasteiger charge is -2.21. The SMILES string of the molecule is O=P(c1ccccc1)(c1ccc(-c2c3ccccc3cc3c2ccc2ccccc23)cc1)c1ccc2ccccc2c1. The molecule has 42 heavy (non-hydrogen) atoms. The first-order chi connectivity index (χ1) is 20.7. The highest BCUT2D eigenvalue weighted by atomic mass is 31.2. The summed E-state index contributed by atoms with van der Waals surface area (Å²) in [5.74, 6) is 0. The molecular formula is C40H27OP. The fourth-order valence-electron chi connectivity index (χ4n) is 6.43. The summed E-state index contributed by atoms with van der Waals surface area (Å²) >= 11 is 0. The first kappa shape index (κ1) is 24.8. The summed E-state index contributed by atoms with van der Waals surface area (Å²) in [7, 11) is -3.12. The molecule has 1 unspecified atom stereocenters. The Kier molecular flexibility index (Phi) is 5.81. The maximum Gasteiger partial charge on any atom is 0.171 e. The smallest absolute Gasteiger partial charge is 0.171 e. The van der Waals surface area contributed by atoms with Crippen molar-refractivity contribution >= 4 is 66.1 Å². The van der Waals surface area contributed by atoms with Crippen molar-refractivity contribution in [1.82, 2.24) is 0 Å². The summed E-state index contributed by atoms with van der Waals surface area (Å²) in [5, 5.41) is 12.2. The van der Waals surface area contributed by atoms with Gasteiger partial charge in [-0.15, -0.1) is 0 Å². The minimum absolute atomic E-state index is 0.836. The second-order valence-corrected chi connectivity index (χ2v) is 13.6. The monoisotopic (exact) mass is 554 g/mol. The summed E-state index contributed by atoms with van der Waals surface area (Å²) in [4.78, 5) is 0. The summed E-state index contributed by atoms with van der Waals surface area (Å²) < 4.78 is 15.3. The van der Waals surface area contributed by atoms with Crippen molar-refractivity contribution in [3.63, 3.8) is 0 Å². The first-order valence-corrected chi connectivity index (χ1v) is 16.0. The molecule has 1 nitrogen and oxygen atoms in total. The average Bonchev–Trinajstić information content (AvgIpc) is 3.07. The molecule has 0 bridgehead atoms. The van der Waals surface area contributed by atoms with Crippen LogP contribution in [0.5, 0.6) is 0 Å². The highest BCUT2D eigenvalue weighted by Gasteiger charge is 2.30. The molecule has 0 radical (unpaired) electrons. The number of hydrogen-bond donors (Lipinski definition) is 0. The van der Waals surface area contributed by atoms with Crippen molar-refractivity contribution in [2.45, 2.75) is 0 Å². The summed E-state index contributed by atoms with van der Waals surface area (Å²) in [6, 6.07) is 56.8. The van der Waals surface area contributed by atoms with E-state index >= 15 is 4.57 Å². The van der Waals surface area contributed by atoms with Crippen LogP contribution in [-0.2, 0) is 4.57 Å². The molecule has 0 aliphatic rings. The van der Waals surface area contributed by atoms with Crippen LogP contribution in [0.1, 0.15) is 0 Å². The molecule has 0 saturated heterocycles. The van der Waals surface area contributed by atoms with Crippen LogP contribution < -0.4 is 15.9 Å². The van der Waals surface area contributed by atoms with E-state index in [1.165, 1.54) is 37.9 Å². The Balaban J connectivity index is 1.35. The van der Waals surface area contributed by atoms with Gasteiger partial charge in [0.05, 0.1) is 0 Å². The van der Waals surface area contributed by atoms with E-state index in [4.69, 9.17) is 0 Å². The number of rotatable bonds is 4. The van der Waals surface area contributed by atoms with Crippen molar-refractivity contribution < 1.29 is 4.57 Å². The maximum atomic E-state index is 15.3. The highest BCUT2D eigenvalue weighted by molar-refractivity contribution is 7.85. The number of benzene rings is 8. The molecule has 0 N–H and O–H groups in total. The Morgan fingerprint density at radius 2 is 0.905 bits per heavy atom. The van der Waals surface area contributed by atoms with Crippen LogP contribution in [0, 0.1) is 0 Å². The molecule has 0 saturated carbocycles. The molecule has 8 aromatic carbocycles. The molecule has 1 atom stereocenters. The third-order valence-corrected chi connectivity index (χ3v) is 11.6. The summed E-state index contributed by atoms with van der Waals surface area (Å²) in [6.45, 7) is 0. The van der Waals surface area contributed by atoms with E-state index in [-0.39, 0.29) is 0 Å². The van der Waals surface area contributed by atoms with E-state index in [2.05, 4.69) is 115 Å². The van der Waals surface area contributed by atoms with Gasteiger partial charge in [0.2, 0.25) is 0 Å². The normalized spacial score (nSPS) is 13.0. The molecule has 0 fully saturated rings. The molecule has 0 amide bonds. The van der Waals surface area contributed by atoms with Gasteiger partial charge in [0.25, 0.3) is 0 Å². The first-order valence-electron chi connectivity index (χ1n) is 14.3. The Hall–Kier alpha value is -4.97. The second-order valence-electron chi connectivity index (χ2n) is 10.9. The molecule has 8 rings (SSSR count). The zero-order valence-corrected chi connectivity index (χ0v) is 23.8. The van der Waals surface area contributed by atoms with Crippen molar-refractivity contribution in [1.29, 1.82) is 0 Å². The Bertz CT molecular complexity index is 2320. The minimum atomic E-state index is -3.12. The molecule has 0 heterocycles. The predicted molar refractivity (Wildman–Crippen MR) is 181 cm³/mol. The van der Waals surface area contributed by atoms with E-state index in [0.717, 1.165) is 32.2 Å². The van der Waals surface area contributed by atoms with Gasteiger partial charge in [-0.2, -0.15) is 0 Å². The zero-order chi connectivity index (χ0) is 28.1. The van der Waals surface area contributed by atoms with E-state index in [9.17, 15) is 0 Å². The van der Waals surface area contributed by atoms with Gasteiger partial charge in [0.1, 0.15) is 0 Å². The van der Waals surface area contributed by atoms with Crippen LogP contribution in [0.25, 0.3) is 54.2 Å². The van der Waals surface area contributed by atoms with Gasteiger partial charge in [0.15, 0.2) is 7.14 Å². The largest absolute Gasteiger partial charge is 0.309 e. The van der Waals surface area contributed by atoms with Crippen LogP contribution in [0.2, 0.25) is 0 Å². The van der Waals surface area contributed by atoms with Crippen molar-refractivity contribution in [3.8, 4) is 11.1 Å². The summed E-state index contributed by atoms with van der Waals surface area (Å²) in [6.07, 6.45) is 0. The Morgan fingerprint density at radius 1 is 0.333 bits per heavy atom. The third kappa shape index (κ3) is 3.90. The predicted octanol–water partition coefficient (Wildman–Crippen LogP) is 9.61. The minimum Gasteiger partial charge on any atom is -0.309 e. The van der Waals surface area contributed by atoms with Gasteiger partial charge in [-0.25, -0.2) is 0 Å². The van der Waals surface area contributed by atoms with Gasteiger partial charge in [0, 0.05) is 15.9 Å². The Morgan fingerprint density at radius 3 is 1.69 bits per heavy atom. The second kappa shape index (κ2) is 9.84. The fraction of sp³-hybridized carbons (Fsp3) is 0. The molecule has 2 heteroatoms. The lowest BCUT2D eigenvalue weighted by Crippen LogP contribution is -2.25. The zero-order valence-electron chi connectivity index (χ0n) is 22.9. The fourth-order valence-corrected chi connectivity index (χ4v) is 9.09. The number of hydrogen-bond acceptors (Lipinski definition) is 1. The van der Waals surface area contributed by atoms with Gasteiger partial charge in [-0.1, -0.05) is 152 Å². The molecule has 0 aromatic heterocycles. The quantitative estimate of drug-likeness (QED) is 0.120. The van der Waals surface area contributed by atoms with Crippen LogP contribution in [0.3, 0.4) is 0 Å². The standard InChI is InChI=1S/C40H27OP/c41-42(33-14-2-1-3-15-33,35-24-18-28-10-4-5-12-31(28)26-35)34-22-19-30(20-23-34)40-37-17-9-7-13-32(37)27-39-36-16-8-6-11-29(36)21-25-38(39)40/h1-27H. The van der Waals surface area contributed by atoms with E-state index in [1.54, 1.807) is 0 Å². The van der Waals surface area contributed by atoms with E-state index in [0.29, 0.717) is 0 Å². The highest BCUT2D eigenvalue weighted by Crippen LogP contribution is 2.44. The maximum absolute atomic E-state index is 15.3. The molecule has 0 spiro atoms. The van der Waals surface area contributed by atoms with Crippen LogP contribution in [0.4, 0.5) is 0 Å². The van der Waals surface area contributed by atoms with Crippen LogP contribution in [-0.4, -0.2) is 0 Å². The van der Waals surface area contributed by atoms with E-state index < -0.39 is 7.14 Å². The lowest BCUT2D eigenvalue weighted by atomic mass is 9.90. The van der Waals surface area contributed by atoms with Crippen molar-refractivity contribution in [3.05, 3.63) is 164 Å². The van der Waals surface area contributed by atoms with Crippen molar-refractivity contribution in [2.75, 3.05) is 0 Å². The van der Waals surface area contributed by atoms with E-state index in [1.807, 2.05) is 48.5 Å². The third-order valence-electron chi connectivity index (χ3n) is 8.51. The van der Waals surface area contributed by atoms with Gasteiger partial charge in [-0.05, 0) is 66.3 Å². The van der Waals surface area contributed by atoms with Gasteiger partial charge >= 0.3 is 0 Å². The summed E-state index contributed by atoms with van der Waals surface area (Å²) in [5.41, 5.74) is 2.33. The molecule has 0 aliphatic heterocycles. The lowest BCUT2D eigenvalue weighted by molar-refractivity contribution is 0.592. The molecular weight excluding hydrogens is 527 g/mol. The van der Waals surface area contributed by atoms with Gasteiger partial charge in [-0.3, -0.25) is 0 Å².